The number of aryl methyl sites for hydroxylation is 2. The molecule has 2 heterocycles. The molecule has 0 atom stereocenters. The highest BCUT2D eigenvalue weighted by atomic mass is 16.5. The molecule has 2 aromatic rings. The van der Waals surface area contributed by atoms with E-state index in [-0.39, 0.29) is 5.63 Å². The van der Waals surface area contributed by atoms with Crippen molar-refractivity contribution in [1.29, 1.82) is 0 Å². The molecular formula is C18H19NO3. The quantitative estimate of drug-likeness (QED) is 0.872. The Morgan fingerprint density at radius 3 is 2.82 bits per heavy atom. The minimum atomic E-state index is -0.304. The van der Waals surface area contributed by atoms with Crippen LogP contribution in [0.15, 0.2) is 45.6 Å². The molecule has 0 amide bonds. The summed E-state index contributed by atoms with van der Waals surface area (Å²) in [4.78, 5) is 14.3. The summed E-state index contributed by atoms with van der Waals surface area (Å²) in [6.45, 7) is 4.91. The largest absolute Gasteiger partial charge is 0.489 e. The van der Waals surface area contributed by atoms with Crippen LogP contribution in [0, 0.1) is 13.8 Å². The van der Waals surface area contributed by atoms with E-state index in [9.17, 15) is 4.79 Å². The predicted molar refractivity (Wildman–Crippen MR) is 87.6 cm³/mol. The van der Waals surface area contributed by atoms with Crippen molar-refractivity contribution in [1.82, 2.24) is 0 Å². The summed E-state index contributed by atoms with van der Waals surface area (Å²) >= 11 is 0. The molecule has 0 radical (unpaired) electrons. The predicted octanol–water partition coefficient (Wildman–Crippen LogP) is 3.17. The van der Waals surface area contributed by atoms with Crippen molar-refractivity contribution in [2.75, 3.05) is 25.1 Å². The van der Waals surface area contributed by atoms with Crippen LogP contribution in [0.4, 0.5) is 5.69 Å². The zero-order chi connectivity index (χ0) is 15.7. The van der Waals surface area contributed by atoms with Crippen LogP contribution in [0.25, 0.3) is 5.57 Å². The SMILES string of the molecule is Cc1cc2c(c(=O)o1)C(COc1ccccc1C)=CCN2C. The van der Waals surface area contributed by atoms with Crippen molar-refractivity contribution in [3.8, 4) is 5.75 Å². The third-order valence-corrected chi connectivity index (χ3v) is 3.87. The second kappa shape index (κ2) is 5.72. The second-order valence-electron chi connectivity index (χ2n) is 5.57. The second-order valence-corrected chi connectivity index (χ2v) is 5.57. The number of nitrogens with zero attached hydrogens (tertiary/aromatic N) is 1. The van der Waals surface area contributed by atoms with E-state index < -0.39 is 0 Å². The van der Waals surface area contributed by atoms with Gasteiger partial charge in [0.2, 0.25) is 0 Å². The topological polar surface area (TPSA) is 42.7 Å². The van der Waals surface area contributed by atoms with Crippen LogP contribution in [0.5, 0.6) is 5.75 Å². The summed E-state index contributed by atoms with van der Waals surface area (Å²) in [5, 5.41) is 0. The highest BCUT2D eigenvalue weighted by Crippen LogP contribution is 2.29. The van der Waals surface area contributed by atoms with Gasteiger partial charge in [0.1, 0.15) is 18.1 Å². The molecule has 0 spiro atoms. The van der Waals surface area contributed by atoms with E-state index in [4.69, 9.17) is 9.15 Å². The molecule has 0 unspecified atom stereocenters. The highest BCUT2D eigenvalue weighted by molar-refractivity contribution is 5.79. The van der Waals surface area contributed by atoms with Crippen LogP contribution in [0.2, 0.25) is 0 Å². The van der Waals surface area contributed by atoms with Gasteiger partial charge in [0.05, 0.1) is 11.3 Å². The zero-order valence-corrected chi connectivity index (χ0v) is 13.1. The molecular weight excluding hydrogens is 278 g/mol. The van der Waals surface area contributed by atoms with Gasteiger partial charge < -0.3 is 14.1 Å². The molecule has 0 fully saturated rings. The number of hydrogen-bond donors (Lipinski definition) is 0. The summed E-state index contributed by atoms with van der Waals surface area (Å²) in [5.41, 5.74) is 3.16. The normalized spacial score (nSPS) is 13.6. The van der Waals surface area contributed by atoms with Crippen LogP contribution < -0.4 is 15.3 Å². The Kier molecular flexibility index (Phi) is 3.75. The van der Waals surface area contributed by atoms with Gasteiger partial charge in [-0.05, 0) is 25.5 Å². The molecule has 4 nitrogen and oxygen atoms in total. The molecule has 1 aromatic carbocycles. The zero-order valence-electron chi connectivity index (χ0n) is 13.1. The molecule has 4 heteroatoms. The number of likely N-dealkylation sites (N-methyl/N-ethyl adjacent to an activating group) is 1. The lowest BCUT2D eigenvalue weighted by Crippen LogP contribution is -2.27. The number of fused-ring (bicyclic) bond motifs is 1. The molecule has 1 aliphatic heterocycles. The molecule has 114 valence electrons. The van der Waals surface area contributed by atoms with Crippen molar-refractivity contribution >= 4 is 11.3 Å². The maximum Gasteiger partial charge on any atom is 0.345 e. The van der Waals surface area contributed by atoms with Gasteiger partial charge in [0, 0.05) is 25.2 Å². The van der Waals surface area contributed by atoms with Gasteiger partial charge >= 0.3 is 5.63 Å². The Bertz CT molecular complexity index is 789. The lowest BCUT2D eigenvalue weighted by molar-refractivity contribution is 0.365. The number of para-hydroxylation sites is 1. The van der Waals surface area contributed by atoms with Gasteiger partial charge in [0.25, 0.3) is 0 Å². The van der Waals surface area contributed by atoms with Crippen LogP contribution in [-0.4, -0.2) is 20.2 Å². The minimum absolute atomic E-state index is 0.304. The van der Waals surface area contributed by atoms with E-state index >= 15 is 0 Å². The Hall–Kier alpha value is -2.49. The summed E-state index contributed by atoms with van der Waals surface area (Å²) in [5.74, 6) is 1.46. The smallest absolute Gasteiger partial charge is 0.345 e. The minimum Gasteiger partial charge on any atom is -0.489 e. The van der Waals surface area contributed by atoms with Gasteiger partial charge in [-0.3, -0.25) is 0 Å². The van der Waals surface area contributed by atoms with E-state index in [0.29, 0.717) is 17.9 Å². The average Bonchev–Trinajstić information content (AvgIpc) is 2.48. The molecule has 1 aromatic heterocycles. The first-order chi connectivity index (χ1) is 10.6. The van der Waals surface area contributed by atoms with Crippen molar-refractivity contribution in [3.05, 3.63) is 63.7 Å². The molecule has 0 bridgehead atoms. The van der Waals surface area contributed by atoms with Gasteiger partial charge in [-0.1, -0.05) is 24.3 Å². The van der Waals surface area contributed by atoms with Crippen LogP contribution in [-0.2, 0) is 0 Å². The number of hydrogen-bond acceptors (Lipinski definition) is 4. The third-order valence-electron chi connectivity index (χ3n) is 3.87. The van der Waals surface area contributed by atoms with Crippen molar-refractivity contribution in [2.45, 2.75) is 13.8 Å². The van der Waals surface area contributed by atoms with Crippen LogP contribution in [0.3, 0.4) is 0 Å². The number of rotatable bonds is 3. The molecule has 0 saturated heterocycles. The molecule has 0 saturated carbocycles. The fraction of sp³-hybridized carbons (Fsp3) is 0.278. The molecule has 3 rings (SSSR count). The maximum atomic E-state index is 12.2. The molecule has 0 aliphatic carbocycles. The molecule has 22 heavy (non-hydrogen) atoms. The Morgan fingerprint density at radius 1 is 1.27 bits per heavy atom. The Morgan fingerprint density at radius 2 is 2.05 bits per heavy atom. The number of ether oxygens (including phenoxy) is 1. The van der Waals surface area contributed by atoms with E-state index in [1.54, 1.807) is 6.92 Å². The van der Waals surface area contributed by atoms with Gasteiger partial charge in [-0.25, -0.2) is 4.79 Å². The summed E-state index contributed by atoms with van der Waals surface area (Å²) in [7, 11) is 1.97. The van der Waals surface area contributed by atoms with E-state index in [0.717, 1.165) is 29.1 Å². The van der Waals surface area contributed by atoms with Crippen LogP contribution in [0.1, 0.15) is 16.9 Å². The van der Waals surface area contributed by atoms with E-state index in [2.05, 4.69) is 0 Å². The highest BCUT2D eigenvalue weighted by Gasteiger charge is 2.22. The van der Waals surface area contributed by atoms with Gasteiger partial charge in [-0.2, -0.15) is 0 Å². The Labute approximate surface area is 129 Å². The van der Waals surface area contributed by atoms with E-state index in [1.165, 1.54) is 0 Å². The Balaban J connectivity index is 1.91. The monoisotopic (exact) mass is 297 g/mol. The maximum absolute atomic E-state index is 12.2. The first-order valence-electron chi connectivity index (χ1n) is 7.30. The molecule has 0 N–H and O–H groups in total. The van der Waals surface area contributed by atoms with E-state index in [1.807, 2.05) is 55.3 Å². The summed E-state index contributed by atoms with van der Waals surface area (Å²) in [6.07, 6.45) is 2.02. The van der Waals surface area contributed by atoms with Gasteiger partial charge in [-0.15, -0.1) is 0 Å². The number of benzene rings is 1. The van der Waals surface area contributed by atoms with Crippen LogP contribution >= 0.6 is 0 Å². The van der Waals surface area contributed by atoms with Crippen molar-refractivity contribution in [2.24, 2.45) is 0 Å². The standard InChI is InChI=1S/C18H19NO3/c1-12-6-4-5-7-16(12)21-11-14-8-9-19(3)15-10-13(2)22-18(20)17(14)15/h4-8,10H,9,11H2,1-3H3. The lowest BCUT2D eigenvalue weighted by atomic mass is 10.0. The summed E-state index contributed by atoms with van der Waals surface area (Å²) < 4.78 is 11.1. The van der Waals surface area contributed by atoms with Gasteiger partial charge in [0.15, 0.2) is 0 Å². The third kappa shape index (κ3) is 2.64. The fourth-order valence-electron chi connectivity index (χ4n) is 2.65. The summed E-state index contributed by atoms with van der Waals surface area (Å²) in [6, 6.07) is 9.76. The number of anilines is 1. The first kappa shape index (κ1) is 14.4. The molecule has 1 aliphatic rings. The average molecular weight is 297 g/mol. The van der Waals surface area contributed by atoms with Crippen molar-refractivity contribution < 1.29 is 9.15 Å². The lowest BCUT2D eigenvalue weighted by Gasteiger charge is -2.26. The first-order valence-corrected chi connectivity index (χ1v) is 7.30. The fourth-order valence-corrected chi connectivity index (χ4v) is 2.65. The van der Waals surface area contributed by atoms with Crippen molar-refractivity contribution in [3.63, 3.8) is 0 Å².